The molecular formula is C9H23Cl2N3O2. The van der Waals surface area contributed by atoms with E-state index in [1.54, 1.807) is 0 Å². The average molecular weight is 276 g/mol. The van der Waals surface area contributed by atoms with Crippen molar-refractivity contribution in [1.82, 2.24) is 5.32 Å². The Morgan fingerprint density at radius 2 is 1.75 bits per heavy atom. The number of rotatable bonds is 9. The van der Waals surface area contributed by atoms with E-state index in [9.17, 15) is 4.79 Å². The van der Waals surface area contributed by atoms with Crippen molar-refractivity contribution in [3.8, 4) is 0 Å². The quantitative estimate of drug-likeness (QED) is 0.455. The van der Waals surface area contributed by atoms with E-state index in [0.29, 0.717) is 13.0 Å². The number of aliphatic carboxylic acids is 1. The van der Waals surface area contributed by atoms with Gasteiger partial charge < -0.3 is 21.9 Å². The molecule has 0 bridgehead atoms. The van der Waals surface area contributed by atoms with Crippen molar-refractivity contribution in [2.24, 2.45) is 11.5 Å². The maximum absolute atomic E-state index is 10.3. The van der Waals surface area contributed by atoms with Crippen LogP contribution in [0, 0.1) is 0 Å². The summed E-state index contributed by atoms with van der Waals surface area (Å²) in [6, 6.07) is -0.709. The molecule has 0 aromatic heterocycles. The van der Waals surface area contributed by atoms with Crippen molar-refractivity contribution < 1.29 is 9.90 Å². The van der Waals surface area contributed by atoms with Crippen molar-refractivity contribution in [3.63, 3.8) is 0 Å². The van der Waals surface area contributed by atoms with Crippen LogP contribution in [-0.4, -0.2) is 36.8 Å². The minimum absolute atomic E-state index is 0. The summed E-state index contributed by atoms with van der Waals surface area (Å²) in [6.45, 7) is 2.55. The number of carboxylic acid groups (broad SMARTS) is 1. The largest absolute Gasteiger partial charge is 0.480 e. The monoisotopic (exact) mass is 275 g/mol. The van der Waals surface area contributed by atoms with Crippen LogP contribution in [0.25, 0.3) is 0 Å². The Labute approximate surface area is 109 Å². The number of carbonyl (C=O) groups is 1. The van der Waals surface area contributed by atoms with E-state index in [1.165, 1.54) is 0 Å². The predicted octanol–water partition coefficient (Wildman–Crippen LogP) is 0.351. The molecule has 0 aliphatic heterocycles. The molecule has 1 atom stereocenters. The lowest BCUT2D eigenvalue weighted by Gasteiger charge is -2.06. The van der Waals surface area contributed by atoms with Crippen LogP contribution in [0.1, 0.15) is 25.7 Å². The first-order valence-corrected chi connectivity index (χ1v) is 5.07. The van der Waals surface area contributed by atoms with Gasteiger partial charge >= 0.3 is 5.97 Å². The highest BCUT2D eigenvalue weighted by Crippen LogP contribution is 1.97. The van der Waals surface area contributed by atoms with Crippen LogP contribution < -0.4 is 16.8 Å². The number of hydrogen-bond donors (Lipinski definition) is 4. The molecule has 1 unspecified atom stereocenters. The fraction of sp³-hybridized carbons (Fsp3) is 0.889. The second-order valence-electron chi connectivity index (χ2n) is 3.33. The van der Waals surface area contributed by atoms with Crippen LogP contribution >= 0.6 is 24.8 Å². The van der Waals surface area contributed by atoms with Crippen molar-refractivity contribution in [3.05, 3.63) is 0 Å². The molecule has 0 saturated heterocycles. The molecule has 0 rings (SSSR count). The number of unbranched alkanes of at least 4 members (excludes halogenated alkanes) is 1. The average Bonchev–Trinajstić information content (AvgIpc) is 2.16. The minimum atomic E-state index is -0.916. The maximum atomic E-state index is 10.3. The van der Waals surface area contributed by atoms with Crippen molar-refractivity contribution in [1.29, 1.82) is 0 Å². The van der Waals surface area contributed by atoms with Gasteiger partial charge in [-0.2, -0.15) is 0 Å². The highest BCUT2D eigenvalue weighted by molar-refractivity contribution is 5.85. The van der Waals surface area contributed by atoms with Crippen LogP contribution in [0.5, 0.6) is 0 Å². The molecule has 100 valence electrons. The van der Waals surface area contributed by atoms with Gasteiger partial charge in [0.15, 0.2) is 0 Å². The Hall–Kier alpha value is -0.0700. The smallest absolute Gasteiger partial charge is 0.320 e. The van der Waals surface area contributed by atoms with Crippen molar-refractivity contribution in [2.75, 3.05) is 19.6 Å². The molecular weight excluding hydrogens is 253 g/mol. The molecule has 16 heavy (non-hydrogen) atoms. The molecule has 0 aliphatic carbocycles. The Morgan fingerprint density at radius 3 is 2.25 bits per heavy atom. The third kappa shape index (κ3) is 13.9. The molecule has 0 spiro atoms. The predicted molar refractivity (Wildman–Crippen MR) is 70.5 cm³/mol. The summed E-state index contributed by atoms with van der Waals surface area (Å²) >= 11 is 0. The normalized spacial score (nSPS) is 11.1. The molecule has 0 aromatic rings. The van der Waals surface area contributed by atoms with E-state index in [1.807, 2.05) is 0 Å². The Balaban J connectivity index is -0.000000845. The number of carboxylic acids is 1. The van der Waals surface area contributed by atoms with Gasteiger partial charge in [0.1, 0.15) is 6.04 Å². The summed E-state index contributed by atoms with van der Waals surface area (Å²) in [5.41, 5.74) is 10.7. The summed E-state index contributed by atoms with van der Waals surface area (Å²) in [5.74, 6) is -0.916. The first-order valence-electron chi connectivity index (χ1n) is 5.07. The molecule has 0 heterocycles. The molecule has 0 fully saturated rings. The van der Waals surface area contributed by atoms with Gasteiger partial charge in [0.2, 0.25) is 0 Å². The highest BCUT2D eigenvalue weighted by Gasteiger charge is 2.09. The van der Waals surface area contributed by atoms with Gasteiger partial charge in [-0.1, -0.05) is 6.42 Å². The van der Waals surface area contributed by atoms with E-state index in [2.05, 4.69) is 5.32 Å². The van der Waals surface area contributed by atoms with Crippen LogP contribution in [0.15, 0.2) is 0 Å². The standard InChI is InChI=1S/C9H21N3O2.2ClH/c10-5-3-7-12-6-2-1-4-8(11)9(13)14;;/h8,12H,1-7,10-11H2,(H,13,14);2*1H. The van der Waals surface area contributed by atoms with Gasteiger partial charge in [0.05, 0.1) is 0 Å². The molecule has 6 N–H and O–H groups in total. The van der Waals surface area contributed by atoms with E-state index in [-0.39, 0.29) is 24.8 Å². The zero-order valence-corrected chi connectivity index (χ0v) is 11.0. The number of nitrogens with two attached hydrogens (primary N) is 2. The van der Waals surface area contributed by atoms with E-state index in [4.69, 9.17) is 16.6 Å². The Kier molecular flexibility index (Phi) is 19.8. The summed E-state index contributed by atoms with van der Waals surface area (Å²) in [4.78, 5) is 10.3. The molecule has 0 aliphatic rings. The van der Waals surface area contributed by atoms with Gasteiger partial charge in [-0.3, -0.25) is 4.79 Å². The third-order valence-corrected chi connectivity index (χ3v) is 1.99. The van der Waals surface area contributed by atoms with Crippen molar-refractivity contribution in [2.45, 2.75) is 31.7 Å². The minimum Gasteiger partial charge on any atom is -0.480 e. The maximum Gasteiger partial charge on any atom is 0.320 e. The molecule has 0 aromatic carbocycles. The molecule has 7 heteroatoms. The lowest BCUT2D eigenvalue weighted by Crippen LogP contribution is -2.30. The first-order chi connectivity index (χ1) is 6.68. The van der Waals surface area contributed by atoms with E-state index in [0.717, 1.165) is 32.4 Å². The SMILES string of the molecule is Cl.Cl.NCCCNCCCCC(N)C(=O)O. The zero-order chi connectivity index (χ0) is 10.8. The van der Waals surface area contributed by atoms with Crippen molar-refractivity contribution >= 4 is 30.8 Å². The highest BCUT2D eigenvalue weighted by atomic mass is 35.5. The van der Waals surface area contributed by atoms with Crippen LogP contribution in [0.3, 0.4) is 0 Å². The van der Waals surface area contributed by atoms with Crippen LogP contribution in [0.2, 0.25) is 0 Å². The second-order valence-corrected chi connectivity index (χ2v) is 3.33. The van der Waals surface area contributed by atoms with Crippen LogP contribution in [0.4, 0.5) is 0 Å². The Bertz CT molecular complexity index is 162. The zero-order valence-electron chi connectivity index (χ0n) is 9.35. The summed E-state index contributed by atoms with van der Waals surface area (Å²) in [7, 11) is 0. The fourth-order valence-electron chi connectivity index (χ4n) is 1.09. The van der Waals surface area contributed by atoms with Gasteiger partial charge in [-0.05, 0) is 38.9 Å². The molecule has 0 saturated carbocycles. The van der Waals surface area contributed by atoms with Gasteiger partial charge in [-0.25, -0.2) is 0 Å². The van der Waals surface area contributed by atoms with Gasteiger partial charge in [-0.15, -0.1) is 24.8 Å². The van der Waals surface area contributed by atoms with E-state index < -0.39 is 12.0 Å². The van der Waals surface area contributed by atoms with Gasteiger partial charge in [0, 0.05) is 0 Å². The molecule has 0 radical (unpaired) electrons. The van der Waals surface area contributed by atoms with E-state index >= 15 is 0 Å². The summed E-state index contributed by atoms with van der Waals surface area (Å²) < 4.78 is 0. The topological polar surface area (TPSA) is 101 Å². The number of halogens is 2. The second kappa shape index (κ2) is 14.9. The molecule has 0 amide bonds. The Morgan fingerprint density at radius 1 is 1.19 bits per heavy atom. The lowest BCUT2D eigenvalue weighted by molar-refractivity contribution is -0.138. The third-order valence-electron chi connectivity index (χ3n) is 1.99. The van der Waals surface area contributed by atoms with Crippen LogP contribution in [-0.2, 0) is 4.79 Å². The summed E-state index contributed by atoms with van der Waals surface area (Å²) in [6.07, 6.45) is 3.34. The molecule has 5 nitrogen and oxygen atoms in total. The lowest BCUT2D eigenvalue weighted by atomic mass is 10.1. The first kappa shape index (κ1) is 21.2. The number of nitrogens with one attached hydrogen (secondary N) is 1. The summed E-state index contributed by atoms with van der Waals surface area (Å²) in [5, 5.41) is 11.7. The van der Waals surface area contributed by atoms with Gasteiger partial charge in [0.25, 0.3) is 0 Å². The number of hydrogen-bond acceptors (Lipinski definition) is 4. The fourth-order valence-corrected chi connectivity index (χ4v) is 1.09.